The van der Waals surface area contributed by atoms with E-state index < -0.39 is 5.82 Å². The van der Waals surface area contributed by atoms with Crippen molar-refractivity contribution in [1.29, 1.82) is 0 Å². The second kappa shape index (κ2) is 8.29. The number of phenols is 1. The van der Waals surface area contributed by atoms with Crippen molar-refractivity contribution in [3.8, 4) is 17.2 Å². The molecular formula is C17H18FN3O3S. The average molecular weight is 363 g/mol. The molecule has 0 spiro atoms. The van der Waals surface area contributed by atoms with Crippen molar-refractivity contribution >= 4 is 28.7 Å². The molecule has 0 aromatic heterocycles. The van der Waals surface area contributed by atoms with E-state index in [4.69, 9.17) is 21.7 Å². The maximum Gasteiger partial charge on any atom is 0.191 e. The summed E-state index contributed by atoms with van der Waals surface area (Å²) in [4.78, 5) is 0. The molecule has 0 bridgehead atoms. The Morgan fingerprint density at radius 1 is 1.12 bits per heavy atom. The van der Waals surface area contributed by atoms with Gasteiger partial charge < -0.3 is 19.9 Å². The lowest BCUT2D eigenvalue weighted by Crippen LogP contribution is -2.25. The number of anilines is 1. The van der Waals surface area contributed by atoms with Gasteiger partial charge in [-0.3, -0.25) is 5.43 Å². The molecule has 3 N–H and O–H groups in total. The molecule has 0 radical (unpaired) electrons. The summed E-state index contributed by atoms with van der Waals surface area (Å²) in [5, 5.41) is 17.0. The zero-order chi connectivity index (χ0) is 18.4. The normalized spacial score (nSPS) is 11.0. The Morgan fingerprint density at radius 2 is 1.84 bits per heavy atom. The monoisotopic (exact) mass is 363 g/mol. The molecule has 25 heavy (non-hydrogen) atoms. The first-order chi connectivity index (χ1) is 11.9. The Labute approximate surface area is 150 Å². The molecule has 0 atom stereocenters. The third-order valence-electron chi connectivity index (χ3n) is 3.31. The highest BCUT2D eigenvalue weighted by molar-refractivity contribution is 7.80. The molecule has 0 unspecified atom stereocenters. The fourth-order valence-electron chi connectivity index (χ4n) is 2.07. The molecule has 2 aromatic carbocycles. The largest absolute Gasteiger partial charge is 0.507 e. The van der Waals surface area contributed by atoms with E-state index in [0.29, 0.717) is 22.9 Å². The molecule has 132 valence electrons. The molecular weight excluding hydrogens is 345 g/mol. The third kappa shape index (κ3) is 4.80. The quantitative estimate of drug-likeness (QED) is 0.430. The van der Waals surface area contributed by atoms with Crippen LogP contribution in [0.5, 0.6) is 17.2 Å². The van der Waals surface area contributed by atoms with Crippen LogP contribution in [0.15, 0.2) is 41.5 Å². The van der Waals surface area contributed by atoms with Crippen molar-refractivity contribution in [3.63, 3.8) is 0 Å². The van der Waals surface area contributed by atoms with Crippen LogP contribution >= 0.6 is 12.2 Å². The molecule has 2 aromatic rings. The molecule has 0 saturated heterocycles. The van der Waals surface area contributed by atoms with E-state index in [1.807, 2.05) is 0 Å². The van der Waals surface area contributed by atoms with E-state index in [9.17, 15) is 9.50 Å². The van der Waals surface area contributed by atoms with E-state index in [0.717, 1.165) is 0 Å². The van der Waals surface area contributed by atoms with Crippen molar-refractivity contribution in [1.82, 2.24) is 5.43 Å². The number of benzene rings is 2. The van der Waals surface area contributed by atoms with Gasteiger partial charge in [0.1, 0.15) is 11.6 Å². The highest BCUT2D eigenvalue weighted by atomic mass is 32.1. The maximum atomic E-state index is 13.3. The Kier molecular flexibility index (Phi) is 6.13. The summed E-state index contributed by atoms with van der Waals surface area (Å²) in [5.74, 6) is 0.624. The summed E-state index contributed by atoms with van der Waals surface area (Å²) in [7, 11) is 3.09. The van der Waals surface area contributed by atoms with Gasteiger partial charge in [-0.15, -0.1) is 0 Å². The summed E-state index contributed by atoms with van der Waals surface area (Å²) < 4.78 is 23.7. The number of nitrogens with one attached hydrogen (secondary N) is 2. The lowest BCUT2D eigenvalue weighted by molar-refractivity contribution is 0.355. The van der Waals surface area contributed by atoms with Gasteiger partial charge in [-0.1, -0.05) is 0 Å². The van der Waals surface area contributed by atoms with Crippen LogP contribution in [0, 0.1) is 5.82 Å². The van der Waals surface area contributed by atoms with Gasteiger partial charge in [-0.2, -0.15) is 5.10 Å². The molecule has 0 aliphatic heterocycles. The summed E-state index contributed by atoms with van der Waals surface area (Å²) in [5.41, 5.74) is 3.98. The minimum atomic E-state index is -0.464. The van der Waals surface area contributed by atoms with Crippen LogP contribution < -0.4 is 20.2 Å². The number of nitrogens with zero attached hydrogens (tertiary/aromatic N) is 1. The maximum absolute atomic E-state index is 13.3. The van der Waals surface area contributed by atoms with Gasteiger partial charge in [-0.25, -0.2) is 4.39 Å². The lowest BCUT2D eigenvalue weighted by Gasteiger charge is -2.12. The number of thiocarbonyl (C=S) groups is 1. The predicted molar refractivity (Wildman–Crippen MR) is 99.2 cm³/mol. The topological polar surface area (TPSA) is 75.1 Å². The van der Waals surface area contributed by atoms with Gasteiger partial charge in [-0.05, 0) is 49.5 Å². The van der Waals surface area contributed by atoms with Gasteiger partial charge in [0.15, 0.2) is 16.6 Å². The van der Waals surface area contributed by atoms with Gasteiger partial charge in [0.25, 0.3) is 0 Å². The third-order valence-corrected chi connectivity index (χ3v) is 3.51. The SMILES string of the molecule is COc1ccc(NC(=S)N/N=C(\C)c2cc(F)ccc2O)cc1OC. The second-order valence-corrected chi connectivity index (χ2v) is 5.40. The van der Waals surface area contributed by atoms with Crippen LogP contribution in [-0.4, -0.2) is 30.2 Å². The van der Waals surface area contributed by atoms with E-state index >= 15 is 0 Å². The van der Waals surface area contributed by atoms with E-state index in [1.54, 1.807) is 32.2 Å². The lowest BCUT2D eigenvalue weighted by atomic mass is 10.1. The van der Waals surface area contributed by atoms with Crippen LogP contribution in [-0.2, 0) is 0 Å². The molecule has 2 rings (SSSR count). The summed E-state index contributed by atoms with van der Waals surface area (Å²) in [6, 6.07) is 8.86. The molecule has 8 heteroatoms. The smallest absolute Gasteiger partial charge is 0.191 e. The first kappa shape index (κ1) is 18.5. The minimum Gasteiger partial charge on any atom is -0.507 e. The number of halogens is 1. The van der Waals surface area contributed by atoms with Gasteiger partial charge in [0, 0.05) is 17.3 Å². The average Bonchev–Trinajstić information content (AvgIpc) is 2.61. The van der Waals surface area contributed by atoms with Crippen molar-refractivity contribution in [2.45, 2.75) is 6.92 Å². The zero-order valence-corrected chi connectivity index (χ0v) is 14.8. The Balaban J connectivity index is 2.06. The minimum absolute atomic E-state index is 0.0665. The number of phenolic OH excluding ortho intramolecular Hbond substituents is 1. The Hall–Kier alpha value is -2.87. The Morgan fingerprint density at radius 3 is 2.52 bits per heavy atom. The highest BCUT2D eigenvalue weighted by Crippen LogP contribution is 2.29. The fraction of sp³-hybridized carbons (Fsp3) is 0.176. The molecule has 0 saturated carbocycles. The van der Waals surface area contributed by atoms with Crippen LogP contribution in [0.1, 0.15) is 12.5 Å². The molecule has 0 aliphatic carbocycles. The van der Waals surface area contributed by atoms with Crippen molar-refractivity contribution < 1.29 is 19.0 Å². The molecule has 0 fully saturated rings. The molecule has 6 nitrogen and oxygen atoms in total. The first-order valence-electron chi connectivity index (χ1n) is 7.26. The number of hydrazone groups is 1. The van der Waals surface area contributed by atoms with E-state index in [1.165, 1.54) is 25.3 Å². The van der Waals surface area contributed by atoms with Crippen LogP contribution in [0.2, 0.25) is 0 Å². The molecule has 0 amide bonds. The number of ether oxygens (including phenoxy) is 2. The van der Waals surface area contributed by atoms with Crippen LogP contribution in [0.25, 0.3) is 0 Å². The highest BCUT2D eigenvalue weighted by Gasteiger charge is 2.08. The summed E-state index contributed by atoms with van der Waals surface area (Å²) in [6.07, 6.45) is 0. The number of methoxy groups -OCH3 is 2. The van der Waals surface area contributed by atoms with Crippen molar-refractivity contribution in [2.75, 3.05) is 19.5 Å². The zero-order valence-electron chi connectivity index (χ0n) is 14.0. The Bertz CT molecular complexity index is 812. The first-order valence-corrected chi connectivity index (χ1v) is 7.67. The number of rotatable bonds is 5. The number of aromatic hydroxyl groups is 1. The molecule has 0 aliphatic rings. The fourth-order valence-corrected chi connectivity index (χ4v) is 2.23. The number of hydrogen-bond acceptors (Lipinski definition) is 5. The second-order valence-electron chi connectivity index (χ2n) is 4.99. The predicted octanol–water partition coefficient (Wildman–Crippen LogP) is 3.26. The van der Waals surface area contributed by atoms with E-state index in [2.05, 4.69) is 15.8 Å². The standard InChI is InChI=1S/C17H18FN3O3S/c1-10(13-8-11(18)4-6-14(13)22)20-21-17(25)19-12-5-7-15(23-2)16(9-12)24-3/h4-9,22H,1-3H3,(H2,19,21,25)/b20-10+. The number of hydrogen-bond donors (Lipinski definition) is 3. The summed E-state index contributed by atoms with van der Waals surface area (Å²) in [6.45, 7) is 1.63. The van der Waals surface area contributed by atoms with Crippen LogP contribution in [0.3, 0.4) is 0 Å². The van der Waals surface area contributed by atoms with E-state index in [-0.39, 0.29) is 16.4 Å². The summed E-state index contributed by atoms with van der Waals surface area (Å²) >= 11 is 5.17. The van der Waals surface area contributed by atoms with Gasteiger partial charge >= 0.3 is 0 Å². The van der Waals surface area contributed by atoms with Gasteiger partial charge in [0.05, 0.1) is 19.9 Å². The van der Waals surface area contributed by atoms with Gasteiger partial charge in [0.2, 0.25) is 0 Å². The van der Waals surface area contributed by atoms with Crippen LogP contribution in [0.4, 0.5) is 10.1 Å². The van der Waals surface area contributed by atoms with Crippen molar-refractivity contribution in [3.05, 3.63) is 47.8 Å². The van der Waals surface area contributed by atoms with Crippen molar-refractivity contribution in [2.24, 2.45) is 5.10 Å². The molecule has 0 heterocycles.